The molecule has 6 heteroatoms. The van der Waals surface area contributed by atoms with Crippen LogP contribution < -0.4 is 9.47 Å². The normalized spacial score (nSPS) is 10.1. The number of carbonyl (C=O) groups is 1. The Balaban J connectivity index is 2.64. The molecule has 0 radical (unpaired) electrons. The highest BCUT2D eigenvalue weighted by atomic mass is 16.5. The van der Waals surface area contributed by atoms with Gasteiger partial charge in [-0.2, -0.15) is 5.10 Å². The van der Waals surface area contributed by atoms with Gasteiger partial charge in [0.25, 0.3) is 0 Å². The Kier molecular flexibility index (Phi) is 3.18. The molecule has 0 spiro atoms. The van der Waals surface area contributed by atoms with E-state index < -0.39 is 5.97 Å². The van der Waals surface area contributed by atoms with Gasteiger partial charge in [0.05, 0.1) is 20.4 Å². The third-order valence-electron chi connectivity index (χ3n) is 2.54. The standard InChI is InChI=1S/C12H12N2O4/c1-17-10-4-7(8-5-13-14-6-8)3-9(12(15)16)11(10)18-2/h3-6H,1-2H3,(H,13,14)(H,15,16). The van der Waals surface area contributed by atoms with E-state index in [1.165, 1.54) is 20.3 Å². The van der Waals surface area contributed by atoms with Gasteiger partial charge in [-0.3, -0.25) is 5.10 Å². The molecular weight excluding hydrogens is 236 g/mol. The van der Waals surface area contributed by atoms with E-state index in [1.54, 1.807) is 18.5 Å². The summed E-state index contributed by atoms with van der Waals surface area (Å²) >= 11 is 0. The molecule has 1 aromatic carbocycles. The number of nitrogens with zero attached hydrogens (tertiary/aromatic N) is 1. The molecule has 0 aliphatic carbocycles. The Morgan fingerprint density at radius 3 is 2.56 bits per heavy atom. The van der Waals surface area contributed by atoms with Crippen LogP contribution in [0, 0.1) is 0 Å². The van der Waals surface area contributed by atoms with Crippen LogP contribution >= 0.6 is 0 Å². The number of H-pyrrole nitrogens is 1. The highest BCUT2D eigenvalue weighted by Crippen LogP contribution is 2.36. The van der Waals surface area contributed by atoms with E-state index in [2.05, 4.69) is 10.2 Å². The van der Waals surface area contributed by atoms with Gasteiger partial charge >= 0.3 is 5.97 Å². The van der Waals surface area contributed by atoms with E-state index in [-0.39, 0.29) is 11.3 Å². The second kappa shape index (κ2) is 4.79. The number of carboxylic acids is 1. The predicted octanol–water partition coefficient (Wildman–Crippen LogP) is 1.79. The van der Waals surface area contributed by atoms with Crippen molar-refractivity contribution in [1.29, 1.82) is 0 Å². The Labute approximate surface area is 103 Å². The smallest absolute Gasteiger partial charge is 0.339 e. The molecule has 2 aromatic rings. The van der Waals surface area contributed by atoms with Crippen LogP contribution in [-0.2, 0) is 0 Å². The lowest BCUT2D eigenvalue weighted by Crippen LogP contribution is -2.03. The minimum absolute atomic E-state index is 0.0491. The summed E-state index contributed by atoms with van der Waals surface area (Å²) in [4.78, 5) is 11.2. The maximum Gasteiger partial charge on any atom is 0.339 e. The van der Waals surface area contributed by atoms with Crippen LogP contribution in [0.1, 0.15) is 10.4 Å². The zero-order valence-electron chi connectivity index (χ0n) is 9.93. The summed E-state index contributed by atoms with van der Waals surface area (Å²) in [5, 5.41) is 15.7. The predicted molar refractivity (Wildman–Crippen MR) is 64.1 cm³/mol. The fourth-order valence-corrected chi connectivity index (χ4v) is 1.70. The van der Waals surface area contributed by atoms with Crippen molar-refractivity contribution in [2.75, 3.05) is 14.2 Å². The van der Waals surface area contributed by atoms with Gasteiger partial charge in [-0.1, -0.05) is 0 Å². The molecule has 0 saturated carbocycles. The SMILES string of the molecule is COc1cc(-c2cn[nH]c2)cc(C(=O)O)c1OC. The number of aromatic nitrogens is 2. The molecule has 0 bridgehead atoms. The van der Waals surface area contributed by atoms with Crippen molar-refractivity contribution in [3.8, 4) is 22.6 Å². The molecule has 0 fully saturated rings. The zero-order chi connectivity index (χ0) is 13.1. The molecule has 2 rings (SSSR count). The van der Waals surface area contributed by atoms with Crippen molar-refractivity contribution >= 4 is 5.97 Å². The van der Waals surface area contributed by atoms with Crippen LogP contribution in [-0.4, -0.2) is 35.5 Å². The second-order valence-electron chi connectivity index (χ2n) is 3.55. The number of benzene rings is 1. The maximum absolute atomic E-state index is 11.2. The Bertz CT molecular complexity index is 564. The van der Waals surface area contributed by atoms with E-state index in [9.17, 15) is 9.90 Å². The largest absolute Gasteiger partial charge is 0.493 e. The summed E-state index contributed by atoms with van der Waals surface area (Å²) in [6, 6.07) is 3.23. The molecule has 0 aliphatic heterocycles. The molecule has 0 amide bonds. The number of rotatable bonds is 4. The third-order valence-corrected chi connectivity index (χ3v) is 2.54. The number of aromatic amines is 1. The molecule has 1 heterocycles. The topological polar surface area (TPSA) is 84.4 Å². The highest BCUT2D eigenvalue weighted by molar-refractivity contribution is 5.94. The molecule has 2 N–H and O–H groups in total. The molecule has 1 aromatic heterocycles. The van der Waals surface area contributed by atoms with Gasteiger partial charge in [-0.25, -0.2) is 4.79 Å². The number of ether oxygens (including phenoxy) is 2. The number of methoxy groups -OCH3 is 2. The average molecular weight is 248 g/mol. The lowest BCUT2D eigenvalue weighted by molar-refractivity contribution is 0.0692. The Morgan fingerprint density at radius 1 is 1.28 bits per heavy atom. The van der Waals surface area contributed by atoms with E-state index in [1.807, 2.05) is 0 Å². The highest BCUT2D eigenvalue weighted by Gasteiger charge is 2.18. The zero-order valence-corrected chi connectivity index (χ0v) is 9.93. The van der Waals surface area contributed by atoms with Gasteiger partial charge < -0.3 is 14.6 Å². The van der Waals surface area contributed by atoms with E-state index >= 15 is 0 Å². The molecule has 6 nitrogen and oxygen atoms in total. The van der Waals surface area contributed by atoms with Gasteiger partial charge in [-0.05, 0) is 17.7 Å². The van der Waals surface area contributed by atoms with Crippen molar-refractivity contribution in [3.63, 3.8) is 0 Å². The fraction of sp³-hybridized carbons (Fsp3) is 0.167. The van der Waals surface area contributed by atoms with Gasteiger partial charge in [0, 0.05) is 11.8 Å². The van der Waals surface area contributed by atoms with Gasteiger partial charge in [0.15, 0.2) is 11.5 Å². The van der Waals surface area contributed by atoms with E-state index in [0.29, 0.717) is 11.3 Å². The van der Waals surface area contributed by atoms with Gasteiger partial charge in [0.1, 0.15) is 5.56 Å². The Morgan fingerprint density at radius 2 is 2.06 bits per heavy atom. The summed E-state index contributed by atoms with van der Waals surface area (Å²) in [7, 11) is 2.87. The van der Waals surface area contributed by atoms with Crippen LogP contribution in [0.2, 0.25) is 0 Å². The van der Waals surface area contributed by atoms with Crippen molar-refractivity contribution in [2.24, 2.45) is 0 Å². The van der Waals surface area contributed by atoms with Crippen LogP contribution in [0.3, 0.4) is 0 Å². The molecule has 0 saturated heterocycles. The second-order valence-corrected chi connectivity index (χ2v) is 3.55. The molecule has 0 unspecified atom stereocenters. The molecule has 0 atom stereocenters. The maximum atomic E-state index is 11.2. The van der Waals surface area contributed by atoms with E-state index in [0.717, 1.165) is 5.56 Å². The lowest BCUT2D eigenvalue weighted by atomic mass is 10.0. The van der Waals surface area contributed by atoms with Crippen molar-refractivity contribution in [1.82, 2.24) is 10.2 Å². The van der Waals surface area contributed by atoms with Crippen molar-refractivity contribution in [2.45, 2.75) is 0 Å². The minimum Gasteiger partial charge on any atom is -0.493 e. The van der Waals surface area contributed by atoms with Crippen molar-refractivity contribution in [3.05, 3.63) is 30.1 Å². The molecular formula is C12H12N2O4. The third kappa shape index (κ3) is 2.00. The first-order chi connectivity index (χ1) is 8.67. The van der Waals surface area contributed by atoms with Crippen LogP contribution in [0.4, 0.5) is 0 Å². The molecule has 94 valence electrons. The Hall–Kier alpha value is -2.50. The summed E-state index contributed by atoms with van der Waals surface area (Å²) in [6.45, 7) is 0. The van der Waals surface area contributed by atoms with Crippen LogP contribution in [0.5, 0.6) is 11.5 Å². The first-order valence-electron chi connectivity index (χ1n) is 5.16. The fourth-order valence-electron chi connectivity index (χ4n) is 1.70. The quantitative estimate of drug-likeness (QED) is 0.861. The number of hydrogen-bond acceptors (Lipinski definition) is 4. The first-order valence-corrected chi connectivity index (χ1v) is 5.16. The number of nitrogens with one attached hydrogen (secondary N) is 1. The molecule has 18 heavy (non-hydrogen) atoms. The lowest BCUT2D eigenvalue weighted by Gasteiger charge is -2.12. The number of hydrogen-bond donors (Lipinski definition) is 2. The monoisotopic (exact) mass is 248 g/mol. The van der Waals surface area contributed by atoms with Gasteiger partial charge in [-0.15, -0.1) is 0 Å². The summed E-state index contributed by atoms with van der Waals surface area (Å²) in [5.74, 6) is -0.499. The average Bonchev–Trinajstić information content (AvgIpc) is 2.90. The summed E-state index contributed by atoms with van der Waals surface area (Å²) in [5.41, 5.74) is 1.52. The summed E-state index contributed by atoms with van der Waals surface area (Å²) < 4.78 is 10.2. The van der Waals surface area contributed by atoms with Crippen LogP contribution in [0.15, 0.2) is 24.5 Å². The van der Waals surface area contributed by atoms with Crippen LogP contribution in [0.25, 0.3) is 11.1 Å². The van der Waals surface area contributed by atoms with E-state index in [4.69, 9.17) is 9.47 Å². The number of carboxylic acid groups (broad SMARTS) is 1. The number of aromatic carboxylic acids is 1. The summed E-state index contributed by atoms with van der Waals surface area (Å²) in [6.07, 6.45) is 3.28. The molecule has 0 aliphatic rings. The van der Waals surface area contributed by atoms with Gasteiger partial charge in [0.2, 0.25) is 0 Å². The van der Waals surface area contributed by atoms with Crippen molar-refractivity contribution < 1.29 is 19.4 Å². The first kappa shape index (κ1) is 12.0. The minimum atomic E-state index is -1.07.